The van der Waals surface area contributed by atoms with E-state index in [1.807, 2.05) is 6.92 Å². The van der Waals surface area contributed by atoms with Crippen molar-refractivity contribution in [2.24, 2.45) is 0 Å². The van der Waals surface area contributed by atoms with Crippen LogP contribution in [0, 0.1) is 0 Å². The molecule has 6 nitrogen and oxygen atoms in total. The lowest BCUT2D eigenvalue weighted by molar-refractivity contribution is -0.143. The van der Waals surface area contributed by atoms with Crippen molar-refractivity contribution in [2.45, 2.75) is 52.1 Å². The standard InChI is InChI=1S/C10H22N2O4S/c1-6-7-10(4,9(13)14)11-17(15,16)12(5)8(2)3/h8,11H,6-7H2,1-5H3,(H,13,14). The van der Waals surface area contributed by atoms with Gasteiger partial charge in [-0.15, -0.1) is 0 Å². The molecule has 0 bridgehead atoms. The highest BCUT2D eigenvalue weighted by Crippen LogP contribution is 2.16. The predicted molar refractivity (Wildman–Crippen MR) is 65.9 cm³/mol. The summed E-state index contributed by atoms with van der Waals surface area (Å²) in [5.41, 5.74) is -1.46. The number of nitrogens with one attached hydrogen (secondary N) is 1. The van der Waals surface area contributed by atoms with Crippen LogP contribution in [-0.4, -0.2) is 42.4 Å². The lowest BCUT2D eigenvalue weighted by Crippen LogP contribution is -2.56. The Morgan fingerprint density at radius 1 is 1.47 bits per heavy atom. The Hall–Kier alpha value is -0.660. The van der Waals surface area contributed by atoms with Crippen molar-refractivity contribution in [1.82, 2.24) is 9.03 Å². The molecular formula is C10H22N2O4S. The SMILES string of the molecule is CCCC(C)(NS(=O)(=O)N(C)C(C)C)C(=O)O. The maximum atomic E-state index is 11.9. The van der Waals surface area contributed by atoms with Crippen LogP contribution >= 0.6 is 0 Å². The predicted octanol–water partition coefficient (Wildman–Crippen LogP) is 0.804. The minimum atomic E-state index is -3.78. The largest absolute Gasteiger partial charge is 0.480 e. The van der Waals surface area contributed by atoms with Crippen LogP contribution in [0.4, 0.5) is 0 Å². The normalized spacial score (nSPS) is 16.2. The van der Waals surface area contributed by atoms with Crippen molar-refractivity contribution in [3.05, 3.63) is 0 Å². The van der Waals surface area contributed by atoms with Gasteiger partial charge in [-0.1, -0.05) is 13.3 Å². The fraction of sp³-hybridized carbons (Fsp3) is 0.900. The van der Waals surface area contributed by atoms with Gasteiger partial charge in [-0.2, -0.15) is 17.4 Å². The first-order valence-electron chi connectivity index (χ1n) is 5.57. The molecule has 0 rings (SSSR count). The summed E-state index contributed by atoms with van der Waals surface area (Å²) in [6.45, 7) is 6.63. The summed E-state index contributed by atoms with van der Waals surface area (Å²) in [5.74, 6) is -1.17. The minimum Gasteiger partial charge on any atom is -0.480 e. The van der Waals surface area contributed by atoms with Crippen LogP contribution in [0.1, 0.15) is 40.5 Å². The van der Waals surface area contributed by atoms with Crippen molar-refractivity contribution < 1.29 is 18.3 Å². The van der Waals surface area contributed by atoms with Crippen molar-refractivity contribution in [3.8, 4) is 0 Å². The van der Waals surface area contributed by atoms with Gasteiger partial charge in [0, 0.05) is 13.1 Å². The summed E-state index contributed by atoms with van der Waals surface area (Å²) >= 11 is 0. The van der Waals surface area contributed by atoms with Crippen molar-refractivity contribution in [1.29, 1.82) is 0 Å². The van der Waals surface area contributed by atoms with Crippen molar-refractivity contribution >= 4 is 16.2 Å². The second-order valence-electron chi connectivity index (χ2n) is 4.60. The molecule has 0 radical (unpaired) electrons. The van der Waals surface area contributed by atoms with Gasteiger partial charge < -0.3 is 5.11 Å². The highest BCUT2D eigenvalue weighted by molar-refractivity contribution is 7.87. The van der Waals surface area contributed by atoms with E-state index in [1.54, 1.807) is 13.8 Å². The van der Waals surface area contributed by atoms with Crippen LogP contribution in [0.2, 0.25) is 0 Å². The van der Waals surface area contributed by atoms with Gasteiger partial charge >= 0.3 is 5.97 Å². The molecular weight excluding hydrogens is 244 g/mol. The number of nitrogens with zero attached hydrogens (tertiary/aromatic N) is 1. The molecule has 0 heterocycles. The Balaban J connectivity index is 5.08. The molecule has 0 aromatic heterocycles. The van der Waals surface area contributed by atoms with Gasteiger partial charge in [0.05, 0.1) is 0 Å². The minimum absolute atomic E-state index is 0.229. The molecule has 0 aliphatic carbocycles. The van der Waals surface area contributed by atoms with Crippen LogP contribution in [0.5, 0.6) is 0 Å². The van der Waals surface area contributed by atoms with Gasteiger partial charge in [0.1, 0.15) is 5.54 Å². The molecule has 102 valence electrons. The maximum absolute atomic E-state index is 11.9. The molecule has 0 fully saturated rings. The molecule has 0 spiro atoms. The van der Waals surface area contributed by atoms with Crippen molar-refractivity contribution in [2.75, 3.05) is 7.05 Å². The molecule has 0 saturated carbocycles. The maximum Gasteiger partial charge on any atom is 0.324 e. The number of hydrogen-bond donors (Lipinski definition) is 2. The van der Waals surface area contributed by atoms with Crippen LogP contribution in [0.3, 0.4) is 0 Å². The number of carbonyl (C=O) groups is 1. The topological polar surface area (TPSA) is 86.7 Å². The van der Waals surface area contributed by atoms with Crippen LogP contribution in [0.25, 0.3) is 0 Å². The Morgan fingerprint density at radius 2 is 1.94 bits per heavy atom. The number of aliphatic carboxylic acids is 1. The highest BCUT2D eigenvalue weighted by atomic mass is 32.2. The average molecular weight is 266 g/mol. The van der Waals surface area contributed by atoms with Crippen LogP contribution < -0.4 is 4.72 Å². The van der Waals surface area contributed by atoms with Gasteiger partial charge in [0.15, 0.2) is 0 Å². The van der Waals surface area contributed by atoms with Gasteiger partial charge in [-0.25, -0.2) is 0 Å². The Morgan fingerprint density at radius 3 is 2.24 bits per heavy atom. The van der Waals surface area contributed by atoms with E-state index in [2.05, 4.69) is 4.72 Å². The van der Waals surface area contributed by atoms with E-state index in [0.29, 0.717) is 6.42 Å². The smallest absolute Gasteiger partial charge is 0.324 e. The molecule has 7 heteroatoms. The summed E-state index contributed by atoms with van der Waals surface area (Å²) in [5, 5.41) is 9.10. The quantitative estimate of drug-likeness (QED) is 0.713. The second kappa shape index (κ2) is 5.79. The number of carboxylic acid groups (broad SMARTS) is 1. The first-order chi connectivity index (χ1) is 7.57. The molecule has 0 aromatic rings. The zero-order valence-corrected chi connectivity index (χ0v) is 11.8. The second-order valence-corrected chi connectivity index (χ2v) is 6.33. The van der Waals surface area contributed by atoms with Crippen LogP contribution in [-0.2, 0) is 15.0 Å². The molecule has 0 amide bonds. The van der Waals surface area contributed by atoms with Gasteiger partial charge in [0.25, 0.3) is 10.2 Å². The molecule has 2 N–H and O–H groups in total. The number of carboxylic acids is 1. The zero-order chi connectivity index (χ0) is 13.9. The number of hydrogen-bond acceptors (Lipinski definition) is 3. The third-order valence-corrected chi connectivity index (χ3v) is 4.57. The summed E-state index contributed by atoms with van der Waals surface area (Å²) in [6, 6.07) is -0.229. The summed E-state index contributed by atoms with van der Waals surface area (Å²) in [7, 11) is -2.36. The lowest BCUT2D eigenvalue weighted by atomic mass is 9.98. The van der Waals surface area contributed by atoms with Crippen molar-refractivity contribution in [3.63, 3.8) is 0 Å². The highest BCUT2D eigenvalue weighted by Gasteiger charge is 2.38. The Kier molecular flexibility index (Phi) is 5.57. The molecule has 0 aliphatic heterocycles. The van der Waals surface area contributed by atoms with E-state index in [9.17, 15) is 13.2 Å². The Bertz CT molecular complexity index is 367. The van der Waals surface area contributed by atoms with E-state index in [-0.39, 0.29) is 12.5 Å². The number of rotatable bonds is 7. The first-order valence-corrected chi connectivity index (χ1v) is 7.01. The zero-order valence-electron chi connectivity index (χ0n) is 11.0. The summed E-state index contributed by atoms with van der Waals surface area (Å²) in [6.07, 6.45) is 0.824. The van der Waals surface area contributed by atoms with E-state index < -0.39 is 21.7 Å². The van der Waals surface area contributed by atoms with Gasteiger partial charge in [-0.3, -0.25) is 4.79 Å². The van der Waals surface area contributed by atoms with E-state index in [4.69, 9.17) is 5.11 Å². The molecule has 0 aromatic carbocycles. The Labute approximate surface area is 103 Å². The van der Waals surface area contributed by atoms with E-state index in [1.165, 1.54) is 14.0 Å². The monoisotopic (exact) mass is 266 g/mol. The molecule has 1 unspecified atom stereocenters. The van der Waals surface area contributed by atoms with Crippen LogP contribution in [0.15, 0.2) is 0 Å². The fourth-order valence-electron chi connectivity index (χ4n) is 1.34. The van der Waals surface area contributed by atoms with E-state index in [0.717, 1.165) is 4.31 Å². The third kappa shape index (κ3) is 4.25. The van der Waals surface area contributed by atoms with Gasteiger partial charge in [0.2, 0.25) is 0 Å². The van der Waals surface area contributed by atoms with Gasteiger partial charge in [-0.05, 0) is 27.2 Å². The summed E-state index contributed by atoms with van der Waals surface area (Å²) in [4.78, 5) is 11.1. The molecule has 0 aliphatic rings. The fourth-order valence-corrected chi connectivity index (χ4v) is 2.79. The lowest BCUT2D eigenvalue weighted by Gasteiger charge is -2.29. The molecule has 17 heavy (non-hydrogen) atoms. The first kappa shape index (κ1) is 16.3. The summed E-state index contributed by atoms with van der Waals surface area (Å²) < 4.78 is 27.2. The average Bonchev–Trinajstić information content (AvgIpc) is 2.15. The third-order valence-electron chi connectivity index (χ3n) is 2.68. The molecule has 0 saturated heterocycles. The van der Waals surface area contributed by atoms with E-state index >= 15 is 0 Å². The molecule has 1 atom stereocenters.